The Bertz CT molecular complexity index is 423. The lowest BCUT2D eigenvalue weighted by molar-refractivity contribution is -0.119. The molecule has 1 atom stereocenters. The first-order chi connectivity index (χ1) is 7.75. The Kier molecular flexibility index (Phi) is 3.73. The lowest BCUT2D eigenvalue weighted by Crippen LogP contribution is -2.50. The molecule has 94 valence electrons. The van der Waals surface area contributed by atoms with Crippen LogP contribution in [0.5, 0.6) is 0 Å². The van der Waals surface area contributed by atoms with Crippen molar-refractivity contribution in [1.29, 1.82) is 0 Å². The van der Waals surface area contributed by atoms with E-state index in [1.54, 1.807) is 11.3 Å². The maximum absolute atomic E-state index is 12.2. The van der Waals surface area contributed by atoms with Gasteiger partial charge in [0.25, 0.3) is 0 Å². The molecule has 1 aromatic rings. The molecule has 2 fully saturated rings. The second-order valence-corrected chi connectivity index (χ2v) is 5.29. The molecule has 2 aliphatic rings. The van der Waals surface area contributed by atoms with Crippen LogP contribution < -0.4 is 10.2 Å². The fraction of sp³-hybridized carbons (Fsp3) is 0.545. The van der Waals surface area contributed by atoms with Crippen LogP contribution in [0.15, 0.2) is 11.4 Å². The zero-order valence-electron chi connectivity index (χ0n) is 9.68. The number of amides is 1. The average molecular weight is 274 g/mol. The Labute approximate surface area is 111 Å². The van der Waals surface area contributed by atoms with Crippen LogP contribution in [-0.2, 0) is 4.79 Å². The lowest BCUT2D eigenvalue weighted by Gasteiger charge is -2.26. The highest BCUT2D eigenvalue weighted by Crippen LogP contribution is 2.29. The molecular formula is C11H16ClN3OS. The first-order valence-electron chi connectivity index (χ1n) is 5.57. The number of nitrogens with one attached hydrogen (secondary N) is 1. The minimum Gasteiger partial charge on any atom is -0.313 e. The number of carbonyl (C=O) groups is 1. The van der Waals surface area contributed by atoms with Gasteiger partial charge in [-0.25, -0.2) is 0 Å². The number of hydrogen-bond donors (Lipinski definition) is 1. The molecule has 0 aromatic carbocycles. The van der Waals surface area contributed by atoms with Gasteiger partial charge in [-0.1, -0.05) is 0 Å². The van der Waals surface area contributed by atoms with Crippen LogP contribution in [0.2, 0.25) is 0 Å². The third-order valence-corrected chi connectivity index (χ3v) is 4.28. The van der Waals surface area contributed by atoms with Gasteiger partial charge in [0.15, 0.2) is 0 Å². The molecule has 2 aliphatic heterocycles. The summed E-state index contributed by atoms with van der Waals surface area (Å²) >= 11 is 1.65. The second-order valence-electron chi connectivity index (χ2n) is 4.40. The summed E-state index contributed by atoms with van der Waals surface area (Å²) < 4.78 is 0. The molecule has 0 radical (unpaired) electrons. The number of anilines is 1. The molecule has 1 aromatic heterocycles. The third kappa shape index (κ3) is 2.20. The van der Waals surface area contributed by atoms with E-state index < -0.39 is 0 Å². The minimum atomic E-state index is 0. The van der Waals surface area contributed by atoms with Gasteiger partial charge < -0.3 is 5.32 Å². The van der Waals surface area contributed by atoms with Gasteiger partial charge in [-0.05, 0) is 23.9 Å². The predicted molar refractivity (Wildman–Crippen MR) is 72.0 cm³/mol. The molecule has 0 aliphatic carbocycles. The van der Waals surface area contributed by atoms with Crippen LogP contribution in [0, 0.1) is 6.92 Å². The Morgan fingerprint density at radius 2 is 2.35 bits per heavy atom. The first-order valence-corrected chi connectivity index (χ1v) is 6.45. The van der Waals surface area contributed by atoms with E-state index in [1.807, 2.05) is 4.90 Å². The summed E-state index contributed by atoms with van der Waals surface area (Å²) in [7, 11) is 0. The largest absolute Gasteiger partial charge is 0.313 e. The molecule has 1 N–H and O–H groups in total. The highest BCUT2D eigenvalue weighted by atomic mass is 35.5. The highest BCUT2D eigenvalue weighted by Gasteiger charge is 2.40. The number of fused-ring (bicyclic) bond motifs is 1. The molecule has 4 nitrogen and oxygen atoms in total. The zero-order valence-corrected chi connectivity index (χ0v) is 11.3. The average Bonchev–Trinajstić information content (AvgIpc) is 2.84. The highest BCUT2D eigenvalue weighted by molar-refractivity contribution is 7.14. The van der Waals surface area contributed by atoms with E-state index >= 15 is 0 Å². The van der Waals surface area contributed by atoms with Crippen LogP contribution in [0.4, 0.5) is 5.00 Å². The fourth-order valence-electron chi connectivity index (χ4n) is 2.33. The first kappa shape index (κ1) is 12.8. The monoisotopic (exact) mass is 273 g/mol. The standard InChI is InChI=1S/C11H15N3OS.ClH/c1-8-4-10(16-6-8)14-7-13-3-2-12-5-9(13)11(14)15;/h4,6,9,12H,2-3,5,7H2,1H3;1H. The summed E-state index contributed by atoms with van der Waals surface area (Å²) in [4.78, 5) is 16.4. The van der Waals surface area contributed by atoms with Gasteiger partial charge in [-0.15, -0.1) is 23.7 Å². The molecule has 3 heterocycles. The van der Waals surface area contributed by atoms with E-state index in [1.165, 1.54) is 5.56 Å². The number of rotatable bonds is 1. The molecule has 1 unspecified atom stereocenters. The zero-order chi connectivity index (χ0) is 11.1. The van der Waals surface area contributed by atoms with Gasteiger partial charge in [0, 0.05) is 19.6 Å². The number of carbonyl (C=O) groups excluding carboxylic acids is 1. The van der Waals surface area contributed by atoms with Crippen LogP contribution in [0.3, 0.4) is 0 Å². The summed E-state index contributed by atoms with van der Waals surface area (Å²) in [6.45, 7) is 5.57. The quantitative estimate of drug-likeness (QED) is 0.831. The van der Waals surface area contributed by atoms with Crippen LogP contribution in [-0.4, -0.2) is 43.2 Å². The van der Waals surface area contributed by atoms with E-state index in [-0.39, 0.29) is 24.4 Å². The van der Waals surface area contributed by atoms with Crippen molar-refractivity contribution in [2.45, 2.75) is 13.0 Å². The van der Waals surface area contributed by atoms with E-state index in [0.29, 0.717) is 0 Å². The van der Waals surface area contributed by atoms with E-state index in [4.69, 9.17) is 0 Å². The summed E-state index contributed by atoms with van der Waals surface area (Å²) in [5.41, 5.74) is 1.23. The van der Waals surface area contributed by atoms with Crippen molar-refractivity contribution in [3.63, 3.8) is 0 Å². The SMILES string of the molecule is Cc1csc(N2CN3CCNCC3C2=O)c1.Cl. The van der Waals surface area contributed by atoms with Gasteiger partial charge in [0.2, 0.25) is 5.91 Å². The summed E-state index contributed by atoms with van der Waals surface area (Å²) in [6.07, 6.45) is 0. The molecule has 2 saturated heterocycles. The van der Waals surface area contributed by atoms with E-state index in [2.05, 4.69) is 28.6 Å². The van der Waals surface area contributed by atoms with E-state index in [0.717, 1.165) is 31.3 Å². The maximum Gasteiger partial charge on any atom is 0.247 e. The van der Waals surface area contributed by atoms with Gasteiger partial charge in [-0.2, -0.15) is 0 Å². The summed E-state index contributed by atoms with van der Waals surface area (Å²) in [5, 5.41) is 6.45. The number of hydrogen-bond acceptors (Lipinski definition) is 4. The van der Waals surface area contributed by atoms with Gasteiger partial charge in [0.1, 0.15) is 6.04 Å². The van der Waals surface area contributed by atoms with Crippen molar-refractivity contribution in [2.24, 2.45) is 0 Å². The van der Waals surface area contributed by atoms with Gasteiger partial charge in [-0.3, -0.25) is 14.6 Å². The summed E-state index contributed by atoms with van der Waals surface area (Å²) in [5.74, 6) is 0.244. The number of aryl methyl sites for hydroxylation is 1. The molecule has 6 heteroatoms. The second kappa shape index (κ2) is 4.94. The Balaban J connectivity index is 0.00000108. The molecule has 3 rings (SSSR count). The number of thiophene rings is 1. The minimum absolute atomic E-state index is 0. The van der Waals surface area contributed by atoms with Crippen molar-refractivity contribution in [2.75, 3.05) is 31.2 Å². The predicted octanol–water partition coefficient (Wildman–Crippen LogP) is 1.06. The number of nitrogens with zero attached hydrogens (tertiary/aromatic N) is 2. The van der Waals surface area contributed by atoms with Crippen molar-refractivity contribution >= 4 is 34.7 Å². The normalized spacial score (nSPS) is 24.6. The number of piperazine rings is 1. The molecule has 17 heavy (non-hydrogen) atoms. The molecule has 0 spiro atoms. The Morgan fingerprint density at radius 1 is 1.53 bits per heavy atom. The maximum atomic E-state index is 12.2. The molecular weight excluding hydrogens is 258 g/mol. The van der Waals surface area contributed by atoms with E-state index in [9.17, 15) is 4.79 Å². The molecule has 0 saturated carbocycles. The van der Waals surface area contributed by atoms with Crippen LogP contribution in [0.1, 0.15) is 5.56 Å². The Morgan fingerprint density at radius 3 is 3.00 bits per heavy atom. The lowest BCUT2D eigenvalue weighted by atomic mass is 10.2. The van der Waals surface area contributed by atoms with Crippen molar-refractivity contribution < 1.29 is 4.79 Å². The van der Waals surface area contributed by atoms with Crippen LogP contribution in [0.25, 0.3) is 0 Å². The Hall–Kier alpha value is -0.620. The fourth-order valence-corrected chi connectivity index (χ4v) is 3.23. The third-order valence-electron chi connectivity index (χ3n) is 3.21. The topological polar surface area (TPSA) is 35.6 Å². The molecule has 1 amide bonds. The molecule has 0 bridgehead atoms. The smallest absolute Gasteiger partial charge is 0.247 e. The summed E-state index contributed by atoms with van der Waals surface area (Å²) in [6, 6.07) is 2.14. The van der Waals surface area contributed by atoms with Crippen molar-refractivity contribution in [3.8, 4) is 0 Å². The number of halogens is 1. The van der Waals surface area contributed by atoms with Gasteiger partial charge >= 0.3 is 0 Å². The van der Waals surface area contributed by atoms with Crippen molar-refractivity contribution in [1.82, 2.24) is 10.2 Å². The van der Waals surface area contributed by atoms with Crippen LogP contribution >= 0.6 is 23.7 Å². The van der Waals surface area contributed by atoms with Crippen molar-refractivity contribution in [3.05, 3.63) is 17.0 Å². The van der Waals surface area contributed by atoms with Gasteiger partial charge in [0.05, 0.1) is 11.7 Å².